The van der Waals surface area contributed by atoms with E-state index in [0.29, 0.717) is 16.6 Å². The molecule has 6 heteroatoms. The molecule has 0 saturated carbocycles. The van der Waals surface area contributed by atoms with Crippen LogP contribution in [0.2, 0.25) is 0 Å². The summed E-state index contributed by atoms with van der Waals surface area (Å²) in [6, 6.07) is 4.63. The van der Waals surface area contributed by atoms with Gasteiger partial charge in [-0.1, -0.05) is 6.92 Å². The van der Waals surface area contributed by atoms with Gasteiger partial charge in [-0.25, -0.2) is 0 Å². The minimum absolute atomic E-state index is 0.00577. The van der Waals surface area contributed by atoms with Crippen molar-refractivity contribution < 1.29 is 14.7 Å². The molecule has 1 aromatic carbocycles. The van der Waals surface area contributed by atoms with E-state index < -0.39 is 0 Å². The van der Waals surface area contributed by atoms with E-state index in [9.17, 15) is 14.7 Å². The Morgan fingerprint density at radius 3 is 2.45 bits per heavy atom. The van der Waals surface area contributed by atoms with Crippen molar-refractivity contribution in [3.8, 4) is 5.75 Å². The van der Waals surface area contributed by atoms with Crippen molar-refractivity contribution in [3.63, 3.8) is 0 Å². The molecule has 5 nitrogen and oxygen atoms in total. The summed E-state index contributed by atoms with van der Waals surface area (Å²) in [5, 5.41) is 9.64. The van der Waals surface area contributed by atoms with Gasteiger partial charge < -0.3 is 14.9 Å². The number of nitrogens with zero attached hydrogens (tertiary/aromatic N) is 2. The number of aromatic hydroxyl groups is 1. The molecule has 0 radical (unpaired) electrons. The van der Waals surface area contributed by atoms with E-state index in [1.54, 1.807) is 26.2 Å². The van der Waals surface area contributed by atoms with Crippen LogP contribution in [0.1, 0.15) is 23.7 Å². The molecule has 1 rings (SSSR count). The van der Waals surface area contributed by atoms with Crippen molar-refractivity contribution in [2.24, 2.45) is 0 Å². The van der Waals surface area contributed by atoms with E-state index >= 15 is 0 Å². The average molecular weight is 343 g/mol. The standard InChI is InChI=1S/C14H19BrN2O3/c1-4-7-17(9-13(19)16(2)3)14(20)10-5-6-11(15)12(18)8-10/h5-6,8,18H,4,7,9H2,1-3H3. The summed E-state index contributed by atoms with van der Waals surface area (Å²) in [6.07, 6.45) is 0.759. The maximum Gasteiger partial charge on any atom is 0.254 e. The predicted octanol–water partition coefficient (Wildman–Crippen LogP) is 2.10. The molecule has 110 valence electrons. The highest BCUT2D eigenvalue weighted by Gasteiger charge is 2.19. The van der Waals surface area contributed by atoms with Gasteiger partial charge in [0.05, 0.1) is 4.47 Å². The molecular weight excluding hydrogens is 324 g/mol. The summed E-state index contributed by atoms with van der Waals surface area (Å²) in [6.45, 7) is 2.48. The monoisotopic (exact) mass is 342 g/mol. The predicted molar refractivity (Wildman–Crippen MR) is 80.7 cm³/mol. The molecule has 0 bridgehead atoms. The Balaban J connectivity index is 2.92. The van der Waals surface area contributed by atoms with Crippen LogP contribution in [-0.2, 0) is 4.79 Å². The van der Waals surface area contributed by atoms with Crippen molar-refractivity contribution in [2.45, 2.75) is 13.3 Å². The van der Waals surface area contributed by atoms with Crippen molar-refractivity contribution in [3.05, 3.63) is 28.2 Å². The van der Waals surface area contributed by atoms with Gasteiger partial charge in [0.15, 0.2) is 0 Å². The largest absolute Gasteiger partial charge is 0.507 e. The van der Waals surface area contributed by atoms with Crippen LogP contribution in [0.15, 0.2) is 22.7 Å². The van der Waals surface area contributed by atoms with E-state index in [4.69, 9.17) is 0 Å². The van der Waals surface area contributed by atoms with E-state index in [1.807, 2.05) is 6.92 Å². The second-order valence-corrected chi connectivity index (χ2v) is 5.54. The molecule has 0 saturated heterocycles. The van der Waals surface area contributed by atoms with E-state index in [0.717, 1.165) is 6.42 Å². The zero-order chi connectivity index (χ0) is 15.3. The number of amides is 2. The average Bonchev–Trinajstić information content (AvgIpc) is 2.40. The van der Waals surface area contributed by atoms with Gasteiger partial charge in [0, 0.05) is 26.2 Å². The van der Waals surface area contributed by atoms with Crippen molar-refractivity contribution in [1.82, 2.24) is 9.80 Å². The normalized spacial score (nSPS) is 10.2. The summed E-state index contributed by atoms with van der Waals surface area (Å²) >= 11 is 3.17. The Labute approximate surface area is 127 Å². The highest BCUT2D eigenvalue weighted by molar-refractivity contribution is 9.10. The van der Waals surface area contributed by atoms with E-state index in [-0.39, 0.29) is 24.1 Å². The van der Waals surface area contributed by atoms with Gasteiger partial charge in [0.1, 0.15) is 12.3 Å². The molecule has 0 heterocycles. The molecule has 0 unspecified atom stereocenters. The Morgan fingerprint density at radius 1 is 1.30 bits per heavy atom. The summed E-state index contributed by atoms with van der Waals surface area (Å²) in [7, 11) is 3.31. The van der Waals surface area contributed by atoms with Crippen molar-refractivity contribution in [1.29, 1.82) is 0 Å². The molecule has 0 atom stereocenters. The van der Waals surface area contributed by atoms with Crippen molar-refractivity contribution in [2.75, 3.05) is 27.2 Å². The topological polar surface area (TPSA) is 60.9 Å². The number of hydrogen-bond donors (Lipinski definition) is 1. The minimum atomic E-state index is -0.259. The number of halogens is 1. The van der Waals surface area contributed by atoms with Crippen LogP contribution < -0.4 is 0 Å². The fraction of sp³-hybridized carbons (Fsp3) is 0.429. The van der Waals surface area contributed by atoms with Crippen LogP contribution in [0.25, 0.3) is 0 Å². The lowest BCUT2D eigenvalue weighted by molar-refractivity contribution is -0.129. The molecule has 0 aliphatic carbocycles. The summed E-state index contributed by atoms with van der Waals surface area (Å²) in [5.74, 6) is -0.385. The van der Waals surface area contributed by atoms with Gasteiger partial charge in [-0.3, -0.25) is 9.59 Å². The fourth-order valence-corrected chi connectivity index (χ4v) is 1.90. The van der Waals surface area contributed by atoms with Gasteiger partial charge in [0.2, 0.25) is 5.91 Å². The quantitative estimate of drug-likeness (QED) is 0.891. The number of likely N-dealkylation sites (N-methyl/N-ethyl adjacent to an activating group) is 1. The van der Waals surface area contributed by atoms with Crippen LogP contribution in [0.5, 0.6) is 5.75 Å². The van der Waals surface area contributed by atoms with Gasteiger partial charge >= 0.3 is 0 Å². The second kappa shape index (κ2) is 7.28. The van der Waals surface area contributed by atoms with Crippen LogP contribution in [0.3, 0.4) is 0 Å². The third-order valence-corrected chi connectivity index (χ3v) is 3.47. The maximum absolute atomic E-state index is 12.4. The molecule has 0 spiro atoms. The van der Waals surface area contributed by atoms with E-state index in [1.165, 1.54) is 15.9 Å². The lowest BCUT2D eigenvalue weighted by Crippen LogP contribution is -2.40. The summed E-state index contributed by atoms with van der Waals surface area (Å²) < 4.78 is 0.528. The Morgan fingerprint density at radius 2 is 1.95 bits per heavy atom. The third kappa shape index (κ3) is 4.23. The van der Waals surface area contributed by atoms with Crippen LogP contribution in [-0.4, -0.2) is 53.9 Å². The number of phenols is 1. The van der Waals surface area contributed by atoms with Gasteiger partial charge in [-0.15, -0.1) is 0 Å². The van der Waals surface area contributed by atoms with E-state index in [2.05, 4.69) is 15.9 Å². The zero-order valence-electron chi connectivity index (χ0n) is 11.9. The lowest BCUT2D eigenvalue weighted by atomic mass is 10.2. The zero-order valence-corrected chi connectivity index (χ0v) is 13.5. The molecule has 20 heavy (non-hydrogen) atoms. The van der Waals surface area contributed by atoms with Crippen LogP contribution >= 0.6 is 15.9 Å². The summed E-state index contributed by atoms with van der Waals surface area (Å²) in [4.78, 5) is 27.1. The first-order valence-electron chi connectivity index (χ1n) is 6.34. The Hall–Kier alpha value is -1.56. The third-order valence-electron chi connectivity index (χ3n) is 2.80. The highest BCUT2D eigenvalue weighted by Crippen LogP contribution is 2.24. The number of hydrogen-bond acceptors (Lipinski definition) is 3. The smallest absolute Gasteiger partial charge is 0.254 e. The minimum Gasteiger partial charge on any atom is -0.507 e. The Kier molecular flexibility index (Phi) is 6.01. The number of benzene rings is 1. The van der Waals surface area contributed by atoms with Gasteiger partial charge in [-0.05, 0) is 40.5 Å². The summed E-state index contributed by atoms with van der Waals surface area (Å²) in [5.41, 5.74) is 0.366. The molecule has 2 amide bonds. The first kappa shape index (κ1) is 16.5. The molecule has 1 N–H and O–H groups in total. The van der Waals surface area contributed by atoms with Crippen molar-refractivity contribution >= 4 is 27.7 Å². The molecule has 0 aliphatic rings. The molecule has 1 aromatic rings. The van der Waals surface area contributed by atoms with Gasteiger partial charge in [-0.2, -0.15) is 0 Å². The molecular formula is C14H19BrN2O3. The maximum atomic E-state index is 12.4. The number of carbonyl (C=O) groups is 2. The fourth-order valence-electron chi connectivity index (χ4n) is 1.66. The lowest BCUT2D eigenvalue weighted by Gasteiger charge is -2.23. The Bertz CT molecular complexity index is 503. The number of rotatable bonds is 5. The van der Waals surface area contributed by atoms with Crippen LogP contribution in [0.4, 0.5) is 0 Å². The van der Waals surface area contributed by atoms with Crippen LogP contribution in [0, 0.1) is 0 Å². The molecule has 0 aromatic heterocycles. The van der Waals surface area contributed by atoms with Gasteiger partial charge in [0.25, 0.3) is 5.91 Å². The second-order valence-electron chi connectivity index (χ2n) is 4.68. The molecule has 0 fully saturated rings. The first-order valence-corrected chi connectivity index (χ1v) is 7.14. The number of phenolic OH excluding ortho intramolecular Hbond substituents is 1. The first-order chi connectivity index (χ1) is 9.36. The number of carbonyl (C=O) groups excluding carboxylic acids is 2. The SMILES string of the molecule is CCCN(CC(=O)N(C)C)C(=O)c1ccc(Br)c(O)c1. The highest BCUT2D eigenvalue weighted by atomic mass is 79.9. The molecule has 0 aliphatic heterocycles.